The van der Waals surface area contributed by atoms with Crippen LogP contribution in [0.5, 0.6) is 0 Å². The van der Waals surface area contributed by atoms with Crippen LogP contribution >= 0.6 is 23.2 Å². The molecule has 0 amide bonds. The van der Waals surface area contributed by atoms with Crippen LogP contribution in [0.3, 0.4) is 0 Å². The van der Waals surface area contributed by atoms with Crippen LogP contribution in [-0.4, -0.2) is 11.1 Å². The van der Waals surface area contributed by atoms with E-state index >= 15 is 0 Å². The topological polar surface area (TPSA) is 78.2 Å². The van der Waals surface area contributed by atoms with E-state index in [1.165, 1.54) is 6.07 Å². The van der Waals surface area contributed by atoms with Crippen molar-refractivity contribution < 1.29 is 33.3 Å². The maximum absolute atomic E-state index is 11.2. The number of benzene rings is 2. The van der Waals surface area contributed by atoms with Crippen LogP contribution in [0.4, 0.5) is 11.4 Å². The third-order valence-electron chi connectivity index (χ3n) is 3.77. The maximum Gasteiger partial charge on any atom is 1.00 e. The molecular formula is C18H13Cl2LiN2O3. The number of nitrogens with one attached hydrogen (secondary N) is 1. The largest absolute Gasteiger partial charge is 1.00 e. The normalized spacial score (nSPS) is 10.3. The van der Waals surface area contributed by atoms with E-state index in [-0.39, 0.29) is 24.4 Å². The predicted molar refractivity (Wildman–Crippen MR) is 95.5 cm³/mol. The quantitative estimate of drug-likeness (QED) is 0.689. The van der Waals surface area contributed by atoms with Crippen molar-refractivity contribution in [3.63, 3.8) is 0 Å². The summed E-state index contributed by atoms with van der Waals surface area (Å²) >= 11 is 12.8. The molecule has 0 aliphatic carbocycles. The summed E-state index contributed by atoms with van der Waals surface area (Å²) < 4.78 is 5.17. The number of halogens is 2. The van der Waals surface area contributed by atoms with Gasteiger partial charge in [-0.05, 0) is 37.6 Å². The maximum atomic E-state index is 11.2. The summed E-state index contributed by atoms with van der Waals surface area (Å²) in [4.78, 5) is 11.2. The van der Waals surface area contributed by atoms with Gasteiger partial charge in [0, 0.05) is 16.8 Å². The molecule has 26 heavy (non-hydrogen) atoms. The molecule has 1 aromatic heterocycles. The minimum absolute atomic E-state index is 0. The van der Waals surface area contributed by atoms with Crippen molar-refractivity contribution in [2.45, 2.75) is 13.8 Å². The zero-order valence-corrected chi connectivity index (χ0v) is 15.9. The third-order valence-corrected chi connectivity index (χ3v) is 4.37. The minimum Gasteiger partial charge on any atom is -0.545 e. The van der Waals surface area contributed by atoms with E-state index in [0.29, 0.717) is 27.2 Å². The fraction of sp³-hybridized carbons (Fsp3) is 0.111. The van der Waals surface area contributed by atoms with Gasteiger partial charge in [0.1, 0.15) is 5.76 Å². The Balaban J connectivity index is 0.00000243. The summed E-state index contributed by atoms with van der Waals surface area (Å²) in [5.41, 5.74) is 3.09. The standard InChI is InChI=1S/C18H14Cl2N2O3.Li/c1-9-16(10(2)25-22-9)11-7-13(19)17(14(20)8-11)21-15-6-4-3-5-12(15)18(23)24;/h3-8,21H,1-2H3,(H,23,24);/q;+1/p-1. The number of rotatable bonds is 4. The predicted octanol–water partition coefficient (Wildman–Crippen LogP) is 1.38. The zero-order valence-electron chi connectivity index (χ0n) is 14.4. The van der Waals surface area contributed by atoms with Crippen LogP contribution in [0.1, 0.15) is 21.8 Å². The SMILES string of the molecule is Cc1noc(C)c1-c1cc(Cl)c(Nc2ccccc2C(=O)[O-])c(Cl)c1.[Li+]. The van der Waals surface area contributed by atoms with Crippen LogP contribution in [0.2, 0.25) is 10.0 Å². The number of hydrogen-bond donors (Lipinski definition) is 1. The molecule has 1 heterocycles. The number of aromatic carboxylic acids is 1. The van der Waals surface area contributed by atoms with Crippen molar-refractivity contribution in [1.29, 1.82) is 0 Å². The molecule has 128 valence electrons. The number of hydrogen-bond acceptors (Lipinski definition) is 5. The first kappa shape index (κ1) is 20.4. The van der Waals surface area contributed by atoms with Gasteiger partial charge in [-0.3, -0.25) is 0 Å². The van der Waals surface area contributed by atoms with Gasteiger partial charge in [-0.1, -0.05) is 46.6 Å². The average Bonchev–Trinajstić information content (AvgIpc) is 2.89. The van der Waals surface area contributed by atoms with E-state index in [9.17, 15) is 9.90 Å². The van der Waals surface area contributed by atoms with Crippen LogP contribution in [0, 0.1) is 13.8 Å². The van der Waals surface area contributed by atoms with E-state index in [1.54, 1.807) is 37.3 Å². The molecule has 3 aromatic rings. The van der Waals surface area contributed by atoms with Crippen molar-refractivity contribution in [1.82, 2.24) is 5.16 Å². The first-order valence-corrected chi connectivity index (χ1v) is 8.13. The van der Waals surface area contributed by atoms with Crippen LogP contribution in [-0.2, 0) is 0 Å². The Labute approximate surface area is 172 Å². The Bertz CT molecular complexity index is 930. The summed E-state index contributed by atoms with van der Waals surface area (Å²) in [7, 11) is 0. The molecule has 1 N–H and O–H groups in total. The number of carbonyl (C=O) groups is 1. The second-order valence-corrected chi connectivity index (χ2v) is 6.29. The number of carboxylic acids is 1. The van der Waals surface area contributed by atoms with Gasteiger partial charge in [0.25, 0.3) is 0 Å². The van der Waals surface area contributed by atoms with Crippen LogP contribution in [0.25, 0.3) is 11.1 Å². The number of carboxylic acid groups (broad SMARTS) is 1. The third kappa shape index (κ3) is 3.92. The molecule has 0 aliphatic heterocycles. The molecule has 5 nitrogen and oxygen atoms in total. The van der Waals surface area contributed by atoms with Crippen molar-refractivity contribution in [3.8, 4) is 11.1 Å². The van der Waals surface area contributed by atoms with E-state index in [0.717, 1.165) is 16.8 Å². The molecule has 0 saturated heterocycles. The fourth-order valence-corrected chi connectivity index (χ4v) is 3.22. The summed E-state index contributed by atoms with van der Waals surface area (Å²) in [6.07, 6.45) is 0. The summed E-state index contributed by atoms with van der Waals surface area (Å²) in [6, 6.07) is 9.82. The molecule has 0 bridgehead atoms. The molecule has 0 saturated carbocycles. The number of anilines is 2. The Hall–Kier alpha value is -1.90. The van der Waals surface area contributed by atoms with Crippen LogP contribution in [0.15, 0.2) is 40.9 Å². The van der Waals surface area contributed by atoms with Crippen molar-refractivity contribution in [2.24, 2.45) is 0 Å². The van der Waals surface area contributed by atoms with Gasteiger partial charge in [-0.25, -0.2) is 0 Å². The Morgan fingerprint density at radius 1 is 1.15 bits per heavy atom. The number of para-hydroxylation sites is 1. The number of aromatic nitrogens is 1. The van der Waals surface area contributed by atoms with Gasteiger partial charge >= 0.3 is 18.9 Å². The van der Waals surface area contributed by atoms with E-state index in [2.05, 4.69) is 10.5 Å². The molecule has 2 aromatic carbocycles. The first-order chi connectivity index (χ1) is 11.9. The molecule has 0 radical (unpaired) electrons. The second kappa shape index (κ2) is 8.20. The molecule has 0 fully saturated rings. The molecular weight excluding hydrogens is 370 g/mol. The van der Waals surface area contributed by atoms with Crippen molar-refractivity contribution >= 4 is 40.5 Å². The number of carbonyl (C=O) groups excluding carboxylic acids is 1. The van der Waals surface area contributed by atoms with Gasteiger partial charge in [-0.2, -0.15) is 0 Å². The van der Waals surface area contributed by atoms with Crippen molar-refractivity contribution in [3.05, 3.63) is 63.5 Å². The van der Waals surface area contributed by atoms with E-state index < -0.39 is 5.97 Å². The summed E-state index contributed by atoms with van der Waals surface area (Å²) in [6.45, 7) is 3.63. The van der Waals surface area contributed by atoms with E-state index in [1.807, 2.05) is 6.92 Å². The second-order valence-electron chi connectivity index (χ2n) is 5.47. The van der Waals surface area contributed by atoms with Gasteiger partial charge in [0.15, 0.2) is 0 Å². The Morgan fingerprint density at radius 2 is 1.77 bits per heavy atom. The minimum atomic E-state index is -1.29. The first-order valence-electron chi connectivity index (χ1n) is 7.38. The van der Waals surface area contributed by atoms with E-state index in [4.69, 9.17) is 27.7 Å². The van der Waals surface area contributed by atoms with Gasteiger partial charge in [0.05, 0.1) is 27.4 Å². The fourth-order valence-electron chi connectivity index (χ4n) is 2.64. The molecule has 8 heteroatoms. The Morgan fingerprint density at radius 3 is 2.31 bits per heavy atom. The monoisotopic (exact) mass is 382 g/mol. The molecule has 3 rings (SSSR count). The smallest absolute Gasteiger partial charge is 0.545 e. The Kier molecular flexibility index (Phi) is 6.43. The van der Waals surface area contributed by atoms with Crippen LogP contribution < -0.4 is 29.3 Å². The molecule has 0 spiro atoms. The molecule has 0 aliphatic rings. The number of nitrogens with zero attached hydrogens (tertiary/aromatic N) is 1. The number of aryl methyl sites for hydroxylation is 2. The summed E-state index contributed by atoms with van der Waals surface area (Å²) in [5, 5.41) is 18.8. The van der Waals surface area contributed by atoms with Gasteiger partial charge < -0.3 is 19.7 Å². The zero-order chi connectivity index (χ0) is 18.1. The molecule has 0 atom stereocenters. The van der Waals surface area contributed by atoms with Gasteiger partial charge in [0.2, 0.25) is 0 Å². The van der Waals surface area contributed by atoms with Crippen molar-refractivity contribution in [2.75, 3.05) is 5.32 Å². The molecule has 0 unspecified atom stereocenters. The summed E-state index contributed by atoms with van der Waals surface area (Å²) in [5.74, 6) is -0.629. The average molecular weight is 383 g/mol. The van der Waals surface area contributed by atoms with Gasteiger partial charge in [-0.15, -0.1) is 0 Å².